The number of benzene rings is 1. The van der Waals surface area contributed by atoms with Crippen LogP contribution in [0.1, 0.15) is 56.7 Å². The van der Waals surface area contributed by atoms with E-state index in [4.69, 9.17) is 0 Å². The minimum absolute atomic E-state index is 0.615. The minimum Gasteiger partial charge on any atom is -0.310 e. The van der Waals surface area contributed by atoms with Gasteiger partial charge >= 0.3 is 0 Å². The Hall–Kier alpha value is -0.820. The molecule has 1 heteroatoms. The molecule has 0 aliphatic heterocycles. The highest BCUT2D eigenvalue weighted by Gasteiger charge is 2.04. The molecule has 1 aromatic carbocycles. The lowest BCUT2D eigenvalue weighted by molar-refractivity contribution is 0.457. The summed E-state index contributed by atoms with van der Waals surface area (Å²) in [6.07, 6.45) is 3.96. The molecule has 0 radical (unpaired) electrons. The van der Waals surface area contributed by atoms with Crippen LogP contribution >= 0.6 is 0 Å². The summed E-state index contributed by atoms with van der Waals surface area (Å²) < 4.78 is 0. The Balaban J connectivity index is 2.31. The van der Waals surface area contributed by atoms with E-state index in [1.807, 2.05) is 0 Å². The van der Waals surface area contributed by atoms with E-state index in [-0.39, 0.29) is 0 Å². The largest absolute Gasteiger partial charge is 0.310 e. The van der Waals surface area contributed by atoms with Crippen LogP contribution in [0.15, 0.2) is 18.2 Å². The van der Waals surface area contributed by atoms with Crippen LogP contribution in [0, 0.1) is 19.8 Å². The lowest BCUT2D eigenvalue weighted by Crippen LogP contribution is -2.25. The SMILES string of the molecule is Cc1ccc(CNC(C)CCCC(C)C)c(C)c1. The van der Waals surface area contributed by atoms with E-state index in [9.17, 15) is 0 Å². The van der Waals surface area contributed by atoms with Gasteiger partial charge in [-0.05, 0) is 44.2 Å². The Morgan fingerprint density at radius 1 is 1.06 bits per heavy atom. The van der Waals surface area contributed by atoms with Crippen LogP contribution in [0.5, 0.6) is 0 Å². The van der Waals surface area contributed by atoms with Gasteiger partial charge in [-0.2, -0.15) is 0 Å². The van der Waals surface area contributed by atoms with Gasteiger partial charge in [-0.25, -0.2) is 0 Å². The van der Waals surface area contributed by atoms with Crippen molar-refractivity contribution >= 4 is 0 Å². The molecule has 1 rings (SSSR count). The summed E-state index contributed by atoms with van der Waals surface area (Å²) in [5.74, 6) is 0.830. The lowest BCUT2D eigenvalue weighted by atomic mass is 10.0. The van der Waals surface area contributed by atoms with Gasteiger partial charge in [0.05, 0.1) is 0 Å². The smallest absolute Gasteiger partial charge is 0.0210 e. The first-order valence-corrected chi connectivity index (χ1v) is 7.28. The number of aryl methyl sites for hydroxylation is 2. The number of hydrogen-bond donors (Lipinski definition) is 1. The molecule has 0 heterocycles. The van der Waals surface area contributed by atoms with Crippen LogP contribution in [-0.2, 0) is 6.54 Å². The highest BCUT2D eigenvalue weighted by Crippen LogP contribution is 2.12. The fourth-order valence-corrected chi connectivity index (χ4v) is 2.26. The van der Waals surface area contributed by atoms with E-state index < -0.39 is 0 Å². The van der Waals surface area contributed by atoms with E-state index in [0.717, 1.165) is 12.5 Å². The van der Waals surface area contributed by atoms with E-state index in [1.54, 1.807) is 0 Å². The molecule has 0 aliphatic rings. The molecule has 0 aliphatic carbocycles. The summed E-state index contributed by atoms with van der Waals surface area (Å²) in [6.45, 7) is 12.2. The van der Waals surface area contributed by atoms with Crippen molar-refractivity contribution in [1.29, 1.82) is 0 Å². The van der Waals surface area contributed by atoms with Gasteiger partial charge < -0.3 is 5.32 Å². The highest BCUT2D eigenvalue weighted by atomic mass is 14.9. The normalized spacial score (nSPS) is 13.0. The summed E-state index contributed by atoms with van der Waals surface area (Å²) in [7, 11) is 0. The van der Waals surface area contributed by atoms with Gasteiger partial charge in [-0.1, -0.05) is 50.5 Å². The molecule has 0 amide bonds. The molecule has 18 heavy (non-hydrogen) atoms. The number of rotatable bonds is 7. The van der Waals surface area contributed by atoms with E-state index in [1.165, 1.54) is 36.0 Å². The second-order valence-corrected chi connectivity index (χ2v) is 6.04. The summed E-state index contributed by atoms with van der Waals surface area (Å²) in [5.41, 5.74) is 4.18. The fourth-order valence-electron chi connectivity index (χ4n) is 2.26. The predicted octanol–water partition coefficient (Wildman–Crippen LogP) is 4.61. The van der Waals surface area contributed by atoms with Crippen molar-refractivity contribution < 1.29 is 0 Å². The standard InChI is InChI=1S/C17H29N/c1-13(2)7-6-8-16(5)18-12-17-10-9-14(3)11-15(17)4/h9-11,13,16,18H,6-8,12H2,1-5H3. The van der Waals surface area contributed by atoms with Crippen molar-refractivity contribution in [1.82, 2.24) is 5.32 Å². The van der Waals surface area contributed by atoms with Gasteiger partial charge in [0.25, 0.3) is 0 Å². The molecule has 0 fully saturated rings. The molecule has 102 valence electrons. The molecule has 0 saturated carbocycles. The van der Waals surface area contributed by atoms with Crippen molar-refractivity contribution in [3.8, 4) is 0 Å². The lowest BCUT2D eigenvalue weighted by Gasteiger charge is -2.15. The molecular weight excluding hydrogens is 218 g/mol. The molecule has 1 aromatic rings. The third kappa shape index (κ3) is 5.68. The Kier molecular flexibility index (Phi) is 6.42. The predicted molar refractivity (Wildman–Crippen MR) is 80.9 cm³/mol. The third-order valence-corrected chi connectivity index (χ3v) is 3.56. The van der Waals surface area contributed by atoms with Crippen molar-refractivity contribution in [2.75, 3.05) is 0 Å². The topological polar surface area (TPSA) is 12.0 Å². The average Bonchev–Trinajstić information content (AvgIpc) is 2.27. The zero-order valence-electron chi connectivity index (χ0n) is 12.7. The minimum atomic E-state index is 0.615. The summed E-state index contributed by atoms with van der Waals surface area (Å²) in [4.78, 5) is 0. The maximum Gasteiger partial charge on any atom is 0.0210 e. The molecule has 0 bridgehead atoms. The Bertz CT molecular complexity index is 355. The fraction of sp³-hybridized carbons (Fsp3) is 0.647. The van der Waals surface area contributed by atoms with Crippen molar-refractivity contribution in [3.63, 3.8) is 0 Å². The highest BCUT2D eigenvalue weighted by molar-refractivity contribution is 5.30. The molecule has 0 aromatic heterocycles. The van der Waals surface area contributed by atoms with Gasteiger partial charge in [0.15, 0.2) is 0 Å². The van der Waals surface area contributed by atoms with E-state index >= 15 is 0 Å². The number of nitrogens with one attached hydrogen (secondary N) is 1. The molecule has 0 saturated heterocycles. The van der Waals surface area contributed by atoms with Gasteiger partial charge in [-0.15, -0.1) is 0 Å². The van der Waals surface area contributed by atoms with Crippen LogP contribution in [0.2, 0.25) is 0 Å². The maximum atomic E-state index is 3.63. The quantitative estimate of drug-likeness (QED) is 0.742. The Labute approximate surface area is 113 Å². The summed E-state index contributed by atoms with van der Waals surface area (Å²) in [5, 5.41) is 3.63. The zero-order chi connectivity index (χ0) is 13.5. The second kappa shape index (κ2) is 7.58. The van der Waals surface area contributed by atoms with Gasteiger partial charge in [0, 0.05) is 12.6 Å². The molecular formula is C17H29N. The first kappa shape index (κ1) is 15.2. The van der Waals surface area contributed by atoms with Crippen LogP contribution in [-0.4, -0.2) is 6.04 Å². The van der Waals surface area contributed by atoms with Gasteiger partial charge in [0.2, 0.25) is 0 Å². The molecule has 0 spiro atoms. The first-order valence-electron chi connectivity index (χ1n) is 7.28. The van der Waals surface area contributed by atoms with Gasteiger partial charge in [-0.3, -0.25) is 0 Å². The molecule has 1 N–H and O–H groups in total. The molecule has 1 unspecified atom stereocenters. The average molecular weight is 247 g/mol. The first-order chi connectivity index (χ1) is 8.49. The molecule has 1 atom stereocenters. The third-order valence-electron chi connectivity index (χ3n) is 3.56. The summed E-state index contributed by atoms with van der Waals surface area (Å²) >= 11 is 0. The van der Waals surface area contributed by atoms with E-state index in [0.29, 0.717) is 6.04 Å². The summed E-state index contributed by atoms with van der Waals surface area (Å²) in [6, 6.07) is 7.33. The van der Waals surface area contributed by atoms with Gasteiger partial charge in [0.1, 0.15) is 0 Å². The Morgan fingerprint density at radius 2 is 1.78 bits per heavy atom. The van der Waals surface area contributed by atoms with Crippen LogP contribution in [0.25, 0.3) is 0 Å². The van der Waals surface area contributed by atoms with Crippen LogP contribution in [0.3, 0.4) is 0 Å². The second-order valence-electron chi connectivity index (χ2n) is 6.04. The monoisotopic (exact) mass is 247 g/mol. The zero-order valence-corrected chi connectivity index (χ0v) is 12.7. The van der Waals surface area contributed by atoms with Crippen LogP contribution in [0.4, 0.5) is 0 Å². The van der Waals surface area contributed by atoms with Crippen molar-refractivity contribution in [2.24, 2.45) is 5.92 Å². The maximum absolute atomic E-state index is 3.63. The Morgan fingerprint density at radius 3 is 2.39 bits per heavy atom. The van der Waals surface area contributed by atoms with Crippen LogP contribution < -0.4 is 5.32 Å². The number of hydrogen-bond acceptors (Lipinski definition) is 1. The van der Waals surface area contributed by atoms with Crippen molar-refractivity contribution in [2.45, 2.75) is 66.5 Å². The van der Waals surface area contributed by atoms with Crippen molar-refractivity contribution in [3.05, 3.63) is 34.9 Å². The molecule has 1 nitrogen and oxygen atoms in total. The van der Waals surface area contributed by atoms with E-state index in [2.05, 4.69) is 58.1 Å².